The molecular formula is C17H34O5. The standard InChI is InChI=1S/C17H34O5/c1-16(2,3)15(18)7-8-19-9-10-20-11-12-21-13-14-22-17(4,5)6/h7-14H2,1-6H3. The number of ether oxygens (including phenoxy) is 4. The van der Waals surface area contributed by atoms with E-state index in [1.165, 1.54) is 0 Å². The summed E-state index contributed by atoms with van der Waals surface area (Å²) < 4.78 is 21.7. The van der Waals surface area contributed by atoms with Gasteiger partial charge < -0.3 is 18.9 Å². The fourth-order valence-corrected chi connectivity index (χ4v) is 1.49. The zero-order valence-corrected chi connectivity index (χ0v) is 15.2. The van der Waals surface area contributed by atoms with Crippen LogP contribution in [0.3, 0.4) is 0 Å². The van der Waals surface area contributed by atoms with E-state index in [-0.39, 0.29) is 16.8 Å². The van der Waals surface area contributed by atoms with E-state index in [2.05, 4.69) is 0 Å². The van der Waals surface area contributed by atoms with Crippen molar-refractivity contribution in [3.05, 3.63) is 0 Å². The van der Waals surface area contributed by atoms with Crippen LogP contribution in [0.2, 0.25) is 0 Å². The molecule has 0 N–H and O–H groups in total. The first-order valence-electron chi connectivity index (χ1n) is 8.03. The fraction of sp³-hybridized carbons (Fsp3) is 0.941. The molecule has 0 aromatic carbocycles. The van der Waals surface area contributed by atoms with E-state index in [1.807, 2.05) is 41.5 Å². The number of ketones is 1. The first-order valence-corrected chi connectivity index (χ1v) is 8.03. The number of rotatable bonds is 12. The van der Waals surface area contributed by atoms with Crippen LogP contribution in [0.15, 0.2) is 0 Å². The van der Waals surface area contributed by atoms with Gasteiger partial charge in [0.05, 0.1) is 51.8 Å². The third-order valence-electron chi connectivity index (χ3n) is 2.82. The second-order valence-corrected chi connectivity index (χ2v) is 7.22. The summed E-state index contributed by atoms with van der Waals surface area (Å²) in [5.74, 6) is 0.222. The molecule has 132 valence electrons. The maximum atomic E-state index is 11.6. The summed E-state index contributed by atoms with van der Waals surface area (Å²) in [7, 11) is 0. The minimum absolute atomic E-state index is 0.119. The van der Waals surface area contributed by atoms with Crippen LogP contribution in [0, 0.1) is 5.41 Å². The molecule has 0 aromatic rings. The van der Waals surface area contributed by atoms with Crippen LogP contribution in [0.1, 0.15) is 48.0 Å². The van der Waals surface area contributed by atoms with Gasteiger partial charge in [0.2, 0.25) is 0 Å². The molecule has 0 saturated carbocycles. The molecule has 0 saturated heterocycles. The fourth-order valence-electron chi connectivity index (χ4n) is 1.49. The average Bonchev–Trinajstić information content (AvgIpc) is 2.37. The van der Waals surface area contributed by atoms with Gasteiger partial charge in [-0.25, -0.2) is 0 Å². The Bertz CT molecular complexity index is 288. The molecule has 0 spiro atoms. The van der Waals surface area contributed by atoms with Gasteiger partial charge in [0.25, 0.3) is 0 Å². The number of hydrogen-bond donors (Lipinski definition) is 0. The van der Waals surface area contributed by atoms with Gasteiger partial charge in [0.15, 0.2) is 0 Å². The summed E-state index contributed by atoms with van der Waals surface area (Å²) in [6.07, 6.45) is 0.459. The molecule has 0 bridgehead atoms. The Morgan fingerprint density at radius 2 is 1.09 bits per heavy atom. The van der Waals surface area contributed by atoms with Crippen LogP contribution in [-0.4, -0.2) is 57.6 Å². The summed E-state index contributed by atoms with van der Waals surface area (Å²) >= 11 is 0. The molecule has 0 aliphatic carbocycles. The van der Waals surface area contributed by atoms with Crippen LogP contribution in [0.5, 0.6) is 0 Å². The van der Waals surface area contributed by atoms with Gasteiger partial charge in [0.1, 0.15) is 5.78 Å². The minimum Gasteiger partial charge on any atom is -0.379 e. The SMILES string of the molecule is CC(C)(C)OCCOCCOCCOCCC(=O)C(C)(C)C. The largest absolute Gasteiger partial charge is 0.379 e. The van der Waals surface area contributed by atoms with Gasteiger partial charge in [-0.1, -0.05) is 20.8 Å². The Kier molecular flexibility index (Phi) is 10.9. The van der Waals surface area contributed by atoms with Gasteiger partial charge in [-0.3, -0.25) is 4.79 Å². The second-order valence-electron chi connectivity index (χ2n) is 7.22. The highest BCUT2D eigenvalue weighted by Crippen LogP contribution is 2.16. The van der Waals surface area contributed by atoms with Gasteiger partial charge in [0, 0.05) is 11.8 Å². The highest BCUT2D eigenvalue weighted by atomic mass is 16.6. The summed E-state index contributed by atoms with van der Waals surface area (Å²) in [5, 5.41) is 0. The molecule has 0 aromatic heterocycles. The van der Waals surface area contributed by atoms with Crippen LogP contribution in [-0.2, 0) is 23.7 Å². The molecule has 0 heterocycles. The molecule has 0 unspecified atom stereocenters. The van der Waals surface area contributed by atoms with Crippen LogP contribution in [0.25, 0.3) is 0 Å². The Balaban J connectivity index is 3.23. The van der Waals surface area contributed by atoms with Crippen molar-refractivity contribution in [2.45, 2.75) is 53.6 Å². The zero-order valence-electron chi connectivity index (χ0n) is 15.2. The Morgan fingerprint density at radius 3 is 1.50 bits per heavy atom. The Hall–Kier alpha value is -0.490. The molecule has 5 heteroatoms. The molecule has 0 radical (unpaired) electrons. The summed E-state index contributed by atoms with van der Waals surface area (Å²) in [6.45, 7) is 15.6. The highest BCUT2D eigenvalue weighted by molar-refractivity contribution is 5.83. The predicted octanol–water partition coefficient (Wildman–Crippen LogP) is 2.86. The van der Waals surface area contributed by atoms with Crippen LogP contribution in [0.4, 0.5) is 0 Å². The van der Waals surface area contributed by atoms with Crippen molar-refractivity contribution >= 4 is 5.78 Å². The summed E-state index contributed by atoms with van der Waals surface area (Å²) in [6, 6.07) is 0. The molecule has 5 nitrogen and oxygen atoms in total. The quantitative estimate of drug-likeness (QED) is 0.518. The number of carbonyl (C=O) groups excluding carboxylic acids is 1. The van der Waals surface area contributed by atoms with Crippen LogP contribution >= 0.6 is 0 Å². The van der Waals surface area contributed by atoms with E-state index in [0.29, 0.717) is 52.7 Å². The van der Waals surface area contributed by atoms with Gasteiger partial charge in [-0.15, -0.1) is 0 Å². The zero-order chi connectivity index (χ0) is 17.1. The molecule has 0 amide bonds. The third kappa shape index (κ3) is 14.4. The monoisotopic (exact) mass is 318 g/mol. The smallest absolute Gasteiger partial charge is 0.140 e. The lowest BCUT2D eigenvalue weighted by atomic mass is 9.89. The topological polar surface area (TPSA) is 54.0 Å². The van der Waals surface area contributed by atoms with Crippen molar-refractivity contribution in [2.24, 2.45) is 5.41 Å². The third-order valence-corrected chi connectivity index (χ3v) is 2.82. The average molecular weight is 318 g/mol. The van der Waals surface area contributed by atoms with Crippen molar-refractivity contribution in [2.75, 3.05) is 46.2 Å². The van der Waals surface area contributed by atoms with Crippen molar-refractivity contribution in [3.63, 3.8) is 0 Å². The van der Waals surface area contributed by atoms with Gasteiger partial charge in [-0.05, 0) is 20.8 Å². The van der Waals surface area contributed by atoms with Crippen molar-refractivity contribution in [1.82, 2.24) is 0 Å². The number of carbonyl (C=O) groups is 1. The van der Waals surface area contributed by atoms with E-state index in [1.54, 1.807) is 0 Å². The molecule has 0 fully saturated rings. The molecule has 0 rings (SSSR count). The summed E-state index contributed by atoms with van der Waals surface area (Å²) in [4.78, 5) is 11.6. The van der Waals surface area contributed by atoms with E-state index >= 15 is 0 Å². The molecule has 0 aliphatic heterocycles. The maximum Gasteiger partial charge on any atom is 0.140 e. The van der Waals surface area contributed by atoms with Gasteiger partial charge in [-0.2, -0.15) is 0 Å². The van der Waals surface area contributed by atoms with E-state index in [4.69, 9.17) is 18.9 Å². The lowest BCUT2D eigenvalue weighted by molar-refractivity contribution is -0.127. The van der Waals surface area contributed by atoms with E-state index in [9.17, 15) is 4.79 Å². The first kappa shape index (κ1) is 21.5. The predicted molar refractivity (Wildman–Crippen MR) is 87.2 cm³/mol. The Morgan fingerprint density at radius 1 is 0.682 bits per heavy atom. The first-order chi connectivity index (χ1) is 10.1. The Labute approximate surface area is 135 Å². The molecule has 0 atom stereocenters. The minimum atomic E-state index is -0.284. The van der Waals surface area contributed by atoms with E-state index in [0.717, 1.165) is 0 Å². The highest BCUT2D eigenvalue weighted by Gasteiger charge is 2.20. The summed E-state index contributed by atoms with van der Waals surface area (Å²) in [5.41, 5.74) is -0.403. The number of hydrogen-bond acceptors (Lipinski definition) is 5. The second kappa shape index (κ2) is 11.1. The maximum absolute atomic E-state index is 11.6. The van der Waals surface area contributed by atoms with Crippen LogP contribution < -0.4 is 0 Å². The van der Waals surface area contributed by atoms with Crippen molar-refractivity contribution < 1.29 is 23.7 Å². The van der Waals surface area contributed by atoms with Crippen molar-refractivity contribution in [3.8, 4) is 0 Å². The van der Waals surface area contributed by atoms with E-state index < -0.39 is 0 Å². The molecule has 0 aliphatic rings. The lowest BCUT2D eigenvalue weighted by Crippen LogP contribution is -2.22. The van der Waals surface area contributed by atoms with Crippen molar-refractivity contribution in [1.29, 1.82) is 0 Å². The molecule has 22 heavy (non-hydrogen) atoms. The molecular weight excluding hydrogens is 284 g/mol. The normalized spacial score (nSPS) is 12.6. The number of Topliss-reactive ketones (excluding diaryl/α,β-unsaturated/α-hetero) is 1. The van der Waals surface area contributed by atoms with Gasteiger partial charge >= 0.3 is 0 Å². The lowest BCUT2D eigenvalue weighted by Gasteiger charge is -2.19.